The molecule has 0 saturated carbocycles. The second-order valence-corrected chi connectivity index (χ2v) is 23.1. The van der Waals surface area contributed by atoms with Crippen molar-refractivity contribution < 1.29 is 0 Å². The molecule has 4 aliphatic heterocycles. The molecule has 386 valence electrons. The van der Waals surface area contributed by atoms with E-state index in [0.29, 0.717) is 0 Å². The molecule has 4 aliphatic rings. The number of rotatable bonds is 6. The van der Waals surface area contributed by atoms with Gasteiger partial charge >= 0.3 is 0 Å². The third-order valence-electron chi connectivity index (χ3n) is 18.8. The molecule has 6 heterocycles. The van der Waals surface area contributed by atoms with Crippen molar-refractivity contribution in [2.45, 2.75) is 0 Å². The first-order valence-corrected chi connectivity index (χ1v) is 29.3. The molecule has 2 aromatic heterocycles. The zero-order valence-electron chi connectivity index (χ0n) is 45.7. The Kier molecular flexibility index (Phi) is 9.48. The monoisotopic (exact) mass is 1060 g/mol. The van der Waals surface area contributed by atoms with E-state index in [2.05, 4.69) is 310 Å². The van der Waals surface area contributed by atoms with Crippen LogP contribution in [0.1, 0.15) is 0 Å². The fourth-order valence-electron chi connectivity index (χ4n) is 15.5. The summed E-state index contributed by atoms with van der Waals surface area (Å²) in [6.07, 6.45) is 0. The smallest absolute Gasteiger partial charge is 0.252 e. The van der Waals surface area contributed by atoms with Crippen molar-refractivity contribution >= 4 is 124 Å². The van der Waals surface area contributed by atoms with Gasteiger partial charge in [0.1, 0.15) is 0 Å². The molecule has 0 spiro atoms. The van der Waals surface area contributed by atoms with Crippen LogP contribution in [-0.2, 0) is 0 Å². The molecule has 13 aromatic carbocycles. The molecule has 0 amide bonds. The lowest BCUT2D eigenvalue weighted by Gasteiger charge is -2.42. The summed E-state index contributed by atoms with van der Waals surface area (Å²) in [5.41, 5.74) is 32.0. The van der Waals surface area contributed by atoms with Crippen LogP contribution in [-0.4, -0.2) is 22.6 Å². The Morgan fingerprint density at radius 3 is 1.00 bits per heavy atom. The van der Waals surface area contributed by atoms with E-state index in [1.165, 1.54) is 155 Å². The molecule has 0 aliphatic carbocycles. The summed E-state index contributed by atoms with van der Waals surface area (Å²) in [6, 6.07) is 109. The van der Waals surface area contributed by atoms with Crippen molar-refractivity contribution in [3.8, 4) is 55.9 Å². The van der Waals surface area contributed by atoms with Crippen LogP contribution in [0.5, 0.6) is 0 Å². The van der Waals surface area contributed by atoms with E-state index in [-0.39, 0.29) is 13.4 Å². The lowest BCUT2D eigenvalue weighted by atomic mass is 9.30. The van der Waals surface area contributed by atoms with Crippen LogP contribution in [0.3, 0.4) is 0 Å². The molecule has 15 aromatic rings. The quantitative estimate of drug-likeness (QED) is 0.154. The van der Waals surface area contributed by atoms with E-state index in [0.717, 1.165) is 11.4 Å². The highest BCUT2D eigenvalue weighted by Crippen LogP contribution is 2.50. The van der Waals surface area contributed by atoms with Crippen LogP contribution in [0.2, 0.25) is 0 Å². The normalized spacial score (nSPS) is 13.1. The summed E-state index contributed by atoms with van der Waals surface area (Å²) >= 11 is 0. The van der Waals surface area contributed by atoms with Crippen LogP contribution in [0.15, 0.2) is 291 Å². The number of hydrogen-bond acceptors (Lipinski definition) is 2. The van der Waals surface area contributed by atoms with Crippen molar-refractivity contribution in [1.29, 1.82) is 0 Å². The number of aromatic nitrogens is 2. The standard InChI is InChI=1S/C78H48B2N4/c1-7-23-49(24-8-1)53-39-41-65-59(43-53)73-57(51-27-11-3-12-28-51)45-71-75-77(73)83(65)69-48-70-64(47-63(69)79(75)61-35-19-21-37-67(61)81(71)55-31-15-5-16-32-55)80-62-36-20-22-38-68(62)82(56-33-17-6-18-34-56)72-46-58(52-29-13-4-14-30-52)74-60-44-54(50-25-9-2-10-26-50)40-42-66(60)84(70)78(74)76(72)80/h1-48H. The highest BCUT2D eigenvalue weighted by molar-refractivity contribution is 7.03. The predicted octanol–water partition coefficient (Wildman–Crippen LogP) is 15.8. The van der Waals surface area contributed by atoms with Gasteiger partial charge in [0, 0.05) is 67.0 Å². The number of fused-ring (bicyclic) bond motifs is 16. The van der Waals surface area contributed by atoms with E-state index in [4.69, 9.17) is 0 Å². The van der Waals surface area contributed by atoms with Gasteiger partial charge < -0.3 is 18.9 Å². The molecule has 0 saturated heterocycles. The first-order valence-electron chi connectivity index (χ1n) is 29.3. The van der Waals surface area contributed by atoms with Gasteiger partial charge in [-0.25, -0.2) is 0 Å². The number of para-hydroxylation sites is 4. The number of anilines is 6. The van der Waals surface area contributed by atoms with Gasteiger partial charge in [-0.15, -0.1) is 0 Å². The topological polar surface area (TPSA) is 16.3 Å². The number of nitrogens with zero attached hydrogens (tertiary/aromatic N) is 4. The zero-order valence-corrected chi connectivity index (χ0v) is 45.7. The molecular formula is C78H48B2N4. The van der Waals surface area contributed by atoms with Crippen LogP contribution >= 0.6 is 0 Å². The fourth-order valence-corrected chi connectivity index (χ4v) is 15.5. The maximum absolute atomic E-state index is 2.68. The van der Waals surface area contributed by atoms with Crippen LogP contribution < -0.4 is 42.6 Å². The summed E-state index contributed by atoms with van der Waals surface area (Å²) in [5, 5.41) is 5.05. The van der Waals surface area contributed by atoms with Crippen LogP contribution in [0, 0.1) is 0 Å². The lowest BCUT2D eigenvalue weighted by molar-refractivity contribution is 1.14. The van der Waals surface area contributed by atoms with Crippen molar-refractivity contribution in [3.63, 3.8) is 0 Å². The molecule has 0 N–H and O–H groups in total. The SMILES string of the molecule is c1ccc(-c2ccc3c(c2)c2c(-c4ccccc4)cc4c5c2n3-c2cc3c(cc2B5c2ccccc2N4c2ccccc2)B2c4ccccc4N(c4ccccc4)c4cc(-c5ccccc5)c5c6cc(-c7ccccc7)ccc6n-3c5c42)cc1. The average Bonchev–Trinajstić information content (AvgIpc) is 1.46. The minimum Gasteiger partial charge on any atom is -0.311 e. The third-order valence-corrected chi connectivity index (χ3v) is 18.8. The molecule has 6 heteroatoms. The Labute approximate surface area is 487 Å². The van der Waals surface area contributed by atoms with E-state index >= 15 is 0 Å². The van der Waals surface area contributed by atoms with Gasteiger partial charge in [0.05, 0.1) is 22.1 Å². The maximum Gasteiger partial charge on any atom is 0.252 e. The molecule has 0 radical (unpaired) electrons. The van der Waals surface area contributed by atoms with Gasteiger partial charge in [-0.3, -0.25) is 0 Å². The van der Waals surface area contributed by atoms with Crippen molar-refractivity contribution in [2.75, 3.05) is 9.80 Å². The summed E-state index contributed by atoms with van der Waals surface area (Å²) < 4.78 is 5.36. The first-order chi connectivity index (χ1) is 41.7. The third kappa shape index (κ3) is 6.23. The Morgan fingerprint density at radius 2 is 0.595 bits per heavy atom. The van der Waals surface area contributed by atoms with Gasteiger partial charge in [-0.05, 0) is 156 Å². The Balaban J connectivity index is 1.00. The minimum absolute atomic E-state index is 0.0926. The van der Waals surface area contributed by atoms with Gasteiger partial charge in [-0.2, -0.15) is 0 Å². The van der Waals surface area contributed by atoms with E-state index in [1.54, 1.807) is 0 Å². The number of hydrogen-bond donors (Lipinski definition) is 0. The molecule has 0 bridgehead atoms. The Bertz CT molecular complexity index is 4930. The maximum atomic E-state index is 2.68. The summed E-state index contributed by atoms with van der Waals surface area (Å²) in [6.45, 7) is -0.185. The van der Waals surface area contributed by atoms with Gasteiger partial charge in [0.2, 0.25) is 0 Å². The van der Waals surface area contributed by atoms with Gasteiger partial charge in [0.15, 0.2) is 0 Å². The molecule has 0 atom stereocenters. The van der Waals surface area contributed by atoms with E-state index in [1.807, 2.05) is 0 Å². The van der Waals surface area contributed by atoms with Crippen LogP contribution in [0.25, 0.3) is 99.5 Å². The largest absolute Gasteiger partial charge is 0.311 e. The van der Waals surface area contributed by atoms with Crippen molar-refractivity contribution in [3.05, 3.63) is 291 Å². The molecule has 0 fully saturated rings. The fraction of sp³-hybridized carbons (Fsp3) is 0. The van der Waals surface area contributed by atoms with Crippen molar-refractivity contribution in [2.24, 2.45) is 0 Å². The highest BCUT2D eigenvalue weighted by Gasteiger charge is 2.47. The predicted molar refractivity (Wildman–Crippen MR) is 356 cm³/mol. The minimum atomic E-state index is -0.0926. The lowest BCUT2D eigenvalue weighted by Crippen LogP contribution is -2.64. The number of benzene rings is 13. The first kappa shape index (κ1) is 45.9. The van der Waals surface area contributed by atoms with E-state index < -0.39 is 0 Å². The molecule has 19 rings (SSSR count). The Hall–Kier alpha value is -10.8. The second-order valence-electron chi connectivity index (χ2n) is 23.1. The summed E-state index contributed by atoms with van der Waals surface area (Å²) in [4.78, 5) is 5.09. The second kappa shape index (κ2) is 17.4. The summed E-state index contributed by atoms with van der Waals surface area (Å²) in [5.74, 6) is 0. The Morgan fingerprint density at radius 1 is 0.238 bits per heavy atom. The summed E-state index contributed by atoms with van der Waals surface area (Å²) in [7, 11) is 0. The molecule has 84 heavy (non-hydrogen) atoms. The van der Waals surface area contributed by atoms with Crippen LogP contribution in [0.4, 0.5) is 34.1 Å². The van der Waals surface area contributed by atoms with E-state index in [9.17, 15) is 0 Å². The molecular weight excluding hydrogens is 1010 g/mol. The molecule has 0 unspecified atom stereocenters. The average molecular weight is 1060 g/mol. The van der Waals surface area contributed by atoms with Gasteiger partial charge in [0.25, 0.3) is 13.4 Å². The molecule has 4 nitrogen and oxygen atoms in total. The highest BCUT2D eigenvalue weighted by atomic mass is 15.2. The zero-order chi connectivity index (χ0) is 54.7. The van der Waals surface area contributed by atoms with Crippen molar-refractivity contribution in [1.82, 2.24) is 9.13 Å². The van der Waals surface area contributed by atoms with Gasteiger partial charge in [-0.1, -0.05) is 212 Å².